The number of carbonyl (C=O) groups is 1. The van der Waals surface area contributed by atoms with Crippen LogP contribution in [0, 0.1) is 5.82 Å². The van der Waals surface area contributed by atoms with Gasteiger partial charge in [-0.3, -0.25) is 4.79 Å². The van der Waals surface area contributed by atoms with Crippen LogP contribution in [0.3, 0.4) is 0 Å². The van der Waals surface area contributed by atoms with Gasteiger partial charge in [-0.1, -0.05) is 18.2 Å². The van der Waals surface area contributed by atoms with E-state index in [2.05, 4.69) is 20.7 Å². The third-order valence-electron chi connectivity index (χ3n) is 2.55. The minimum absolute atomic E-state index is 0.0896. The number of rotatable bonds is 3. The van der Waals surface area contributed by atoms with E-state index in [0.717, 1.165) is 12.1 Å². The summed E-state index contributed by atoms with van der Waals surface area (Å²) >= 11 is 2.91. The quantitative estimate of drug-likeness (QED) is 0.583. The first kappa shape index (κ1) is 15.5. The number of para-hydroxylation sites is 1. The molecule has 7 heteroatoms. The van der Waals surface area contributed by atoms with Gasteiger partial charge in [-0.2, -0.15) is 0 Å². The number of hydrogen-bond acceptors (Lipinski definition) is 2. The van der Waals surface area contributed by atoms with E-state index < -0.39 is 23.7 Å². The average molecular weight is 363 g/mol. The van der Waals surface area contributed by atoms with Gasteiger partial charge >= 0.3 is 6.36 Å². The van der Waals surface area contributed by atoms with Crippen LogP contribution in [-0.2, 0) is 0 Å². The molecule has 2 nitrogen and oxygen atoms in total. The fourth-order valence-electron chi connectivity index (χ4n) is 1.69. The lowest BCUT2D eigenvalue weighted by molar-refractivity contribution is -0.274. The molecule has 0 aliphatic heterocycles. The Morgan fingerprint density at radius 1 is 1.00 bits per heavy atom. The van der Waals surface area contributed by atoms with Crippen molar-refractivity contribution in [3.8, 4) is 5.75 Å². The Balaban J connectivity index is 2.47. The molecule has 0 heterocycles. The van der Waals surface area contributed by atoms with Crippen LogP contribution in [-0.4, -0.2) is 12.1 Å². The van der Waals surface area contributed by atoms with Gasteiger partial charge in [0.2, 0.25) is 0 Å². The highest BCUT2D eigenvalue weighted by Crippen LogP contribution is 2.30. The number of ether oxygens (including phenoxy) is 1. The summed E-state index contributed by atoms with van der Waals surface area (Å²) < 4.78 is 54.1. The molecular formula is C14H7BrF4O2. The summed E-state index contributed by atoms with van der Waals surface area (Å²) in [6.07, 6.45) is -4.92. The molecule has 0 saturated carbocycles. The van der Waals surface area contributed by atoms with Crippen LogP contribution < -0.4 is 4.74 Å². The monoisotopic (exact) mass is 362 g/mol. The molecule has 0 amide bonds. The maximum Gasteiger partial charge on any atom is 0.573 e. The van der Waals surface area contributed by atoms with Gasteiger partial charge in [0.15, 0.2) is 5.78 Å². The first-order valence-corrected chi connectivity index (χ1v) is 6.42. The minimum Gasteiger partial charge on any atom is -0.405 e. The van der Waals surface area contributed by atoms with E-state index in [1.165, 1.54) is 30.3 Å². The molecule has 2 aromatic rings. The predicted octanol–water partition coefficient (Wildman–Crippen LogP) is 4.72. The lowest BCUT2D eigenvalue weighted by Gasteiger charge is -2.13. The van der Waals surface area contributed by atoms with E-state index in [1.54, 1.807) is 0 Å². The van der Waals surface area contributed by atoms with E-state index in [4.69, 9.17) is 0 Å². The van der Waals surface area contributed by atoms with Gasteiger partial charge in [-0.25, -0.2) is 4.39 Å². The van der Waals surface area contributed by atoms with Gasteiger partial charge in [0, 0.05) is 5.56 Å². The van der Waals surface area contributed by atoms with E-state index in [-0.39, 0.29) is 15.6 Å². The van der Waals surface area contributed by atoms with E-state index in [0.29, 0.717) is 0 Å². The molecule has 0 fully saturated rings. The second-order valence-electron chi connectivity index (χ2n) is 3.97. The van der Waals surface area contributed by atoms with Gasteiger partial charge in [-0.05, 0) is 40.2 Å². The number of benzene rings is 2. The SMILES string of the molecule is O=C(c1ccccc1OC(F)(F)F)c1cccc(F)c1Br. The number of halogens is 5. The van der Waals surface area contributed by atoms with Crippen molar-refractivity contribution in [3.05, 3.63) is 63.9 Å². The second kappa shape index (κ2) is 5.85. The molecule has 0 aliphatic carbocycles. The van der Waals surface area contributed by atoms with Gasteiger partial charge in [0.05, 0.1) is 10.0 Å². The molecule has 0 saturated heterocycles. The molecule has 2 aromatic carbocycles. The molecular weight excluding hydrogens is 356 g/mol. The molecule has 0 radical (unpaired) electrons. The van der Waals surface area contributed by atoms with Crippen molar-refractivity contribution in [3.63, 3.8) is 0 Å². The molecule has 0 N–H and O–H groups in total. The van der Waals surface area contributed by atoms with Crippen molar-refractivity contribution in [1.29, 1.82) is 0 Å². The van der Waals surface area contributed by atoms with Crippen LogP contribution >= 0.6 is 15.9 Å². The minimum atomic E-state index is -4.92. The zero-order valence-corrected chi connectivity index (χ0v) is 11.8. The third kappa shape index (κ3) is 3.60. The highest BCUT2D eigenvalue weighted by molar-refractivity contribution is 9.10. The van der Waals surface area contributed by atoms with Gasteiger partial charge in [0.1, 0.15) is 11.6 Å². The van der Waals surface area contributed by atoms with E-state index in [9.17, 15) is 22.4 Å². The fraction of sp³-hybridized carbons (Fsp3) is 0.0714. The molecule has 0 bridgehead atoms. The summed E-state index contributed by atoms with van der Waals surface area (Å²) in [6, 6.07) is 8.62. The molecule has 0 spiro atoms. The number of ketones is 1. The summed E-state index contributed by atoms with van der Waals surface area (Å²) in [7, 11) is 0. The van der Waals surface area contributed by atoms with Gasteiger partial charge < -0.3 is 4.74 Å². The molecule has 21 heavy (non-hydrogen) atoms. The van der Waals surface area contributed by atoms with Crippen LogP contribution in [0.4, 0.5) is 17.6 Å². The number of alkyl halides is 3. The standard InChI is InChI=1S/C14H7BrF4O2/c15-12-9(5-3-6-10(12)16)13(20)8-4-1-2-7-11(8)21-14(17,18)19/h1-7H. The van der Waals surface area contributed by atoms with E-state index >= 15 is 0 Å². The highest BCUT2D eigenvalue weighted by atomic mass is 79.9. The lowest BCUT2D eigenvalue weighted by atomic mass is 10.0. The zero-order valence-electron chi connectivity index (χ0n) is 10.2. The fourth-order valence-corrected chi connectivity index (χ4v) is 2.14. The Bertz CT molecular complexity index is 683. The molecule has 0 aromatic heterocycles. The van der Waals surface area contributed by atoms with Crippen molar-refractivity contribution < 1.29 is 27.1 Å². The summed E-state index contributed by atoms with van der Waals surface area (Å²) in [5.41, 5.74) is -0.394. The topological polar surface area (TPSA) is 26.3 Å². The molecule has 110 valence electrons. The Morgan fingerprint density at radius 2 is 1.62 bits per heavy atom. The number of carbonyl (C=O) groups excluding carboxylic acids is 1. The van der Waals surface area contributed by atoms with Crippen LogP contribution in [0.5, 0.6) is 5.75 Å². The maximum atomic E-state index is 13.4. The van der Waals surface area contributed by atoms with Crippen LogP contribution in [0.1, 0.15) is 15.9 Å². The molecule has 0 aliphatic rings. The second-order valence-corrected chi connectivity index (χ2v) is 4.77. The maximum absolute atomic E-state index is 13.4. The summed E-state index contributed by atoms with van der Waals surface area (Å²) in [6.45, 7) is 0. The normalized spacial score (nSPS) is 11.3. The van der Waals surface area contributed by atoms with Crippen molar-refractivity contribution >= 4 is 21.7 Å². The Morgan fingerprint density at radius 3 is 2.29 bits per heavy atom. The zero-order chi connectivity index (χ0) is 15.6. The smallest absolute Gasteiger partial charge is 0.405 e. The Hall–Kier alpha value is -1.89. The van der Waals surface area contributed by atoms with Crippen molar-refractivity contribution in [1.82, 2.24) is 0 Å². The predicted molar refractivity (Wildman–Crippen MR) is 70.7 cm³/mol. The molecule has 0 atom stereocenters. The summed E-state index contributed by atoms with van der Waals surface area (Å²) in [5.74, 6) is -2.09. The molecule has 2 rings (SSSR count). The highest BCUT2D eigenvalue weighted by Gasteiger charge is 2.33. The Labute approximate surface area is 125 Å². The van der Waals surface area contributed by atoms with Crippen LogP contribution in [0.25, 0.3) is 0 Å². The lowest BCUT2D eigenvalue weighted by Crippen LogP contribution is -2.19. The average Bonchev–Trinajstić information content (AvgIpc) is 2.40. The first-order chi connectivity index (χ1) is 9.79. The number of hydrogen-bond donors (Lipinski definition) is 0. The van der Waals surface area contributed by atoms with Gasteiger partial charge in [0.25, 0.3) is 0 Å². The summed E-state index contributed by atoms with van der Waals surface area (Å²) in [4.78, 5) is 12.3. The Kier molecular flexibility index (Phi) is 4.32. The van der Waals surface area contributed by atoms with E-state index in [1.807, 2.05) is 0 Å². The van der Waals surface area contributed by atoms with Crippen LogP contribution in [0.2, 0.25) is 0 Å². The summed E-state index contributed by atoms with van der Waals surface area (Å²) in [5, 5.41) is 0. The van der Waals surface area contributed by atoms with Crippen molar-refractivity contribution in [2.24, 2.45) is 0 Å². The van der Waals surface area contributed by atoms with Crippen molar-refractivity contribution in [2.75, 3.05) is 0 Å². The first-order valence-electron chi connectivity index (χ1n) is 5.63. The molecule has 0 unspecified atom stereocenters. The van der Waals surface area contributed by atoms with Crippen molar-refractivity contribution in [2.45, 2.75) is 6.36 Å². The third-order valence-corrected chi connectivity index (χ3v) is 3.36. The largest absolute Gasteiger partial charge is 0.573 e. The van der Waals surface area contributed by atoms with Gasteiger partial charge in [-0.15, -0.1) is 13.2 Å². The van der Waals surface area contributed by atoms with Crippen LogP contribution in [0.15, 0.2) is 46.9 Å².